The summed E-state index contributed by atoms with van der Waals surface area (Å²) in [6.07, 6.45) is 1.78. The summed E-state index contributed by atoms with van der Waals surface area (Å²) in [5.41, 5.74) is 3.78. The fourth-order valence-electron chi connectivity index (χ4n) is 2.46. The molecule has 1 aromatic heterocycles. The quantitative estimate of drug-likeness (QED) is 0.675. The lowest BCUT2D eigenvalue weighted by atomic mass is 10.1. The zero-order valence-electron chi connectivity index (χ0n) is 14.0. The minimum Gasteiger partial charge on any atom is -0.309 e. The van der Waals surface area contributed by atoms with E-state index >= 15 is 0 Å². The van der Waals surface area contributed by atoms with Gasteiger partial charge in [0.15, 0.2) is 0 Å². The van der Waals surface area contributed by atoms with Gasteiger partial charge < -0.3 is 5.32 Å². The number of hydrogen-bond acceptors (Lipinski definition) is 4. The zero-order valence-corrected chi connectivity index (χ0v) is 14.8. The highest BCUT2D eigenvalue weighted by atomic mass is 32.2. The first kappa shape index (κ1) is 17.7. The number of aryl methyl sites for hydroxylation is 3. The number of nitrogens with zero attached hydrogens (tertiary/aromatic N) is 1. The summed E-state index contributed by atoms with van der Waals surface area (Å²) in [6.45, 7) is 8.54. The van der Waals surface area contributed by atoms with Gasteiger partial charge in [0.2, 0.25) is 10.0 Å². The molecule has 6 nitrogen and oxygen atoms in total. The Morgan fingerprint density at radius 3 is 2.61 bits per heavy atom. The summed E-state index contributed by atoms with van der Waals surface area (Å²) in [4.78, 5) is 0.344. The summed E-state index contributed by atoms with van der Waals surface area (Å²) >= 11 is 0. The van der Waals surface area contributed by atoms with Crippen molar-refractivity contribution in [2.24, 2.45) is 0 Å². The van der Waals surface area contributed by atoms with E-state index in [0.29, 0.717) is 18.0 Å². The van der Waals surface area contributed by atoms with Crippen LogP contribution in [0.2, 0.25) is 0 Å². The SMILES string of the molecule is Cc1ccc(C)c(S(=O)(=O)NCCNC(C)c2cn[nH]c2C)c1. The van der Waals surface area contributed by atoms with Gasteiger partial charge in [-0.05, 0) is 44.9 Å². The Morgan fingerprint density at radius 2 is 1.96 bits per heavy atom. The second-order valence-corrected chi connectivity index (χ2v) is 7.53. The van der Waals surface area contributed by atoms with Crippen LogP contribution in [0.1, 0.15) is 35.3 Å². The largest absolute Gasteiger partial charge is 0.309 e. The van der Waals surface area contributed by atoms with Crippen LogP contribution in [0.5, 0.6) is 0 Å². The van der Waals surface area contributed by atoms with Gasteiger partial charge in [0.1, 0.15) is 0 Å². The van der Waals surface area contributed by atoms with Gasteiger partial charge in [0.25, 0.3) is 0 Å². The van der Waals surface area contributed by atoms with Crippen molar-refractivity contribution in [3.63, 3.8) is 0 Å². The van der Waals surface area contributed by atoms with E-state index in [4.69, 9.17) is 0 Å². The van der Waals surface area contributed by atoms with E-state index < -0.39 is 10.0 Å². The monoisotopic (exact) mass is 336 g/mol. The summed E-state index contributed by atoms with van der Waals surface area (Å²) in [7, 11) is -3.48. The molecule has 7 heteroatoms. The van der Waals surface area contributed by atoms with Crippen molar-refractivity contribution in [1.82, 2.24) is 20.2 Å². The van der Waals surface area contributed by atoms with E-state index in [1.807, 2.05) is 32.9 Å². The molecule has 126 valence electrons. The number of aromatic amines is 1. The van der Waals surface area contributed by atoms with Crippen molar-refractivity contribution in [3.05, 3.63) is 46.8 Å². The van der Waals surface area contributed by atoms with Crippen LogP contribution in [-0.4, -0.2) is 31.7 Å². The topological polar surface area (TPSA) is 86.9 Å². The number of benzene rings is 1. The molecule has 23 heavy (non-hydrogen) atoms. The molecule has 0 saturated heterocycles. The van der Waals surface area contributed by atoms with Crippen LogP contribution in [0, 0.1) is 20.8 Å². The lowest BCUT2D eigenvalue weighted by molar-refractivity contribution is 0.552. The highest BCUT2D eigenvalue weighted by Crippen LogP contribution is 2.16. The first-order valence-corrected chi connectivity index (χ1v) is 9.10. The van der Waals surface area contributed by atoms with E-state index in [-0.39, 0.29) is 6.04 Å². The Hall–Kier alpha value is -1.70. The molecule has 1 atom stereocenters. The van der Waals surface area contributed by atoms with Gasteiger partial charge in [-0.3, -0.25) is 5.10 Å². The Bertz CT molecular complexity index is 768. The summed E-state index contributed by atoms with van der Waals surface area (Å²) in [6, 6.07) is 5.54. The van der Waals surface area contributed by atoms with Crippen molar-refractivity contribution >= 4 is 10.0 Å². The molecule has 0 aliphatic rings. The van der Waals surface area contributed by atoms with Gasteiger partial charge >= 0.3 is 0 Å². The van der Waals surface area contributed by atoms with Crippen molar-refractivity contribution in [1.29, 1.82) is 0 Å². The van der Waals surface area contributed by atoms with Crippen LogP contribution in [-0.2, 0) is 10.0 Å². The molecule has 1 unspecified atom stereocenters. The molecular formula is C16H24N4O2S. The lowest BCUT2D eigenvalue weighted by Gasteiger charge is -2.14. The van der Waals surface area contributed by atoms with Gasteiger partial charge in [0, 0.05) is 30.4 Å². The Balaban J connectivity index is 1.90. The fraction of sp³-hybridized carbons (Fsp3) is 0.438. The van der Waals surface area contributed by atoms with Crippen LogP contribution in [0.25, 0.3) is 0 Å². The number of aromatic nitrogens is 2. The van der Waals surface area contributed by atoms with E-state index in [1.165, 1.54) is 0 Å². The molecule has 0 spiro atoms. The van der Waals surface area contributed by atoms with Gasteiger partial charge in [-0.1, -0.05) is 12.1 Å². The first-order valence-electron chi connectivity index (χ1n) is 7.61. The van der Waals surface area contributed by atoms with Crippen molar-refractivity contribution in [3.8, 4) is 0 Å². The van der Waals surface area contributed by atoms with Gasteiger partial charge in [-0.25, -0.2) is 13.1 Å². The molecule has 0 radical (unpaired) electrons. The molecule has 0 bridgehead atoms. The number of H-pyrrole nitrogens is 1. The van der Waals surface area contributed by atoms with Crippen LogP contribution in [0.4, 0.5) is 0 Å². The predicted molar refractivity (Wildman–Crippen MR) is 90.8 cm³/mol. The van der Waals surface area contributed by atoms with Crippen LogP contribution >= 0.6 is 0 Å². The third kappa shape index (κ3) is 4.40. The Labute approximate surface area is 137 Å². The molecule has 0 saturated carbocycles. The number of rotatable bonds is 7. The number of hydrogen-bond donors (Lipinski definition) is 3. The van der Waals surface area contributed by atoms with Crippen molar-refractivity contribution in [2.45, 2.75) is 38.6 Å². The third-order valence-electron chi connectivity index (χ3n) is 3.84. The second-order valence-electron chi connectivity index (χ2n) is 5.79. The highest BCUT2D eigenvalue weighted by Gasteiger charge is 2.16. The maximum absolute atomic E-state index is 12.4. The van der Waals surface area contributed by atoms with E-state index in [1.54, 1.807) is 19.2 Å². The van der Waals surface area contributed by atoms with Crippen LogP contribution in [0.3, 0.4) is 0 Å². The first-order chi connectivity index (χ1) is 10.8. The second kappa shape index (κ2) is 7.25. The summed E-state index contributed by atoms with van der Waals surface area (Å²) in [5.74, 6) is 0. The number of sulfonamides is 1. The maximum atomic E-state index is 12.4. The smallest absolute Gasteiger partial charge is 0.240 e. The fourth-order valence-corrected chi connectivity index (χ4v) is 3.81. The van der Waals surface area contributed by atoms with Crippen molar-refractivity contribution < 1.29 is 8.42 Å². The summed E-state index contributed by atoms with van der Waals surface area (Å²) in [5, 5.41) is 10.2. The van der Waals surface area contributed by atoms with Crippen LogP contribution in [0.15, 0.2) is 29.3 Å². The maximum Gasteiger partial charge on any atom is 0.240 e. The normalized spacial score (nSPS) is 13.2. The Kier molecular flexibility index (Phi) is 5.56. The molecule has 0 fully saturated rings. The van der Waals surface area contributed by atoms with Gasteiger partial charge in [-0.15, -0.1) is 0 Å². The van der Waals surface area contributed by atoms with Crippen molar-refractivity contribution in [2.75, 3.05) is 13.1 Å². The van der Waals surface area contributed by atoms with Gasteiger partial charge in [0.05, 0.1) is 11.1 Å². The molecule has 2 rings (SSSR count). The molecule has 3 N–H and O–H groups in total. The van der Waals surface area contributed by atoms with Crippen LogP contribution < -0.4 is 10.0 Å². The summed E-state index contributed by atoms with van der Waals surface area (Å²) < 4.78 is 27.4. The molecule has 0 amide bonds. The Morgan fingerprint density at radius 1 is 1.22 bits per heavy atom. The minimum absolute atomic E-state index is 0.110. The predicted octanol–water partition coefficient (Wildman–Crippen LogP) is 1.96. The zero-order chi connectivity index (χ0) is 17.0. The lowest BCUT2D eigenvalue weighted by Crippen LogP contribution is -2.33. The third-order valence-corrected chi connectivity index (χ3v) is 5.44. The molecule has 0 aliphatic carbocycles. The highest BCUT2D eigenvalue weighted by molar-refractivity contribution is 7.89. The van der Waals surface area contributed by atoms with E-state index in [9.17, 15) is 8.42 Å². The van der Waals surface area contributed by atoms with E-state index in [0.717, 1.165) is 22.4 Å². The minimum atomic E-state index is -3.48. The standard InChI is InChI=1S/C16H24N4O2S/c1-11-5-6-12(2)16(9-11)23(21,22)19-8-7-17-13(3)15-10-18-20-14(15)4/h5-6,9-10,13,17,19H,7-8H2,1-4H3,(H,18,20). The molecule has 2 aromatic rings. The van der Waals surface area contributed by atoms with E-state index in [2.05, 4.69) is 20.2 Å². The molecular weight excluding hydrogens is 312 g/mol. The molecule has 1 heterocycles. The number of nitrogens with one attached hydrogen (secondary N) is 3. The molecule has 0 aliphatic heterocycles. The average Bonchev–Trinajstić information content (AvgIpc) is 2.92. The molecule has 1 aromatic carbocycles. The van der Waals surface area contributed by atoms with Gasteiger partial charge in [-0.2, -0.15) is 5.10 Å². The average molecular weight is 336 g/mol.